The van der Waals surface area contributed by atoms with Gasteiger partial charge in [-0.1, -0.05) is 13.0 Å². The fourth-order valence-electron chi connectivity index (χ4n) is 2.98. The van der Waals surface area contributed by atoms with Gasteiger partial charge in [-0.3, -0.25) is 0 Å². The van der Waals surface area contributed by atoms with Crippen LogP contribution in [0.15, 0.2) is 18.2 Å². The number of thiophene rings is 1. The Morgan fingerprint density at radius 1 is 1.43 bits per heavy atom. The van der Waals surface area contributed by atoms with Crippen LogP contribution in [-0.2, 0) is 6.42 Å². The Morgan fingerprint density at radius 2 is 2.19 bits per heavy atom. The Labute approximate surface area is 128 Å². The summed E-state index contributed by atoms with van der Waals surface area (Å²) in [5.41, 5.74) is 1.09. The van der Waals surface area contributed by atoms with E-state index >= 15 is 0 Å². The topological polar surface area (TPSA) is 53.4 Å². The summed E-state index contributed by atoms with van der Waals surface area (Å²) in [5.74, 6) is -0.164. The average molecular weight is 304 g/mol. The first-order valence-electron chi connectivity index (χ1n) is 7.51. The van der Waals surface area contributed by atoms with Crippen molar-refractivity contribution in [2.24, 2.45) is 5.92 Å². The SMILES string of the molecule is CCN1CCC(Cc2ccc3cc(C(=O)O)sc3n2)CC1. The molecule has 1 saturated heterocycles. The number of fused-ring (bicyclic) bond motifs is 1. The highest BCUT2D eigenvalue weighted by Crippen LogP contribution is 2.26. The van der Waals surface area contributed by atoms with Gasteiger partial charge in [0.15, 0.2) is 0 Å². The van der Waals surface area contributed by atoms with Crippen LogP contribution in [0, 0.1) is 5.92 Å². The number of aromatic carboxylic acids is 1. The molecule has 4 nitrogen and oxygen atoms in total. The number of likely N-dealkylation sites (tertiary alicyclic amines) is 1. The van der Waals surface area contributed by atoms with Crippen molar-refractivity contribution in [3.63, 3.8) is 0 Å². The van der Waals surface area contributed by atoms with Gasteiger partial charge in [0.1, 0.15) is 9.71 Å². The lowest BCUT2D eigenvalue weighted by atomic mass is 9.92. The predicted molar refractivity (Wildman–Crippen MR) is 85.1 cm³/mol. The van der Waals surface area contributed by atoms with Crippen LogP contribution in [0.1, 0.15) is 35.1 Å². The molecule has 3 heterocycles. The van der Waals surface area contributed by atoms with Crippen molar-refractivity contribution < 1.29 is 9.90 Å². The molecule has 1 aliphatic rings. The number of rotatable bonds is 4. The highest BCUT2D eigenvalue weighted by Gasteiger charge is 2.19. The van der Waals surface area contributed by atoms with Gasteiger partial charge in [-0.05, 0) is 56.9 Å². The van der Waals surface area contributed by atoms with Gasteiger partial charge in [-0.15, -0.1) is 11.3 Å². The number of piperidine rings is 1. The van der Waals surface area contributed by atoms with E-state index < -0.39 is 5.97 Å². The molecule has 112 valence electrons. The molecule has 21 heavy (non-hydrogen) atoms. The van der Waals surface area contributed by atoms with E-state index in [0.717, 1.165) is 28.9 Å². The van der Waals surface area contributed by atoms with Crippen molar-refractivity contribution in [2.45, 2.75) is 26.2 Å². The highest BCUT2D eigenvalue weighted by atomic mass is 32.1. The Balaban J connectivity index is 1.71. The minimum atomic E-state index is -0.869. The van der Waals surface area contributed by atoms with Crippen molar-refractivity contribution in [3.05, 3.63) is 28.8 Å². The summed E-state index contributed by atoms with van der Waals surface area (Å²) in [6, 6.07) is 5.76. The monoisotopic (exact) mass is 304 g/mol. The molecule has 1 N–H and O–H groups in total. The summed E-state index contributed by atoms with van der Waals surface area (Å²) in [5, 5.41) is 9.97. The van der Waals surface area contributed by atoms with Gasteiger partial charge in [-0.2, -0.15) is 0 Å². The fourth-order valence-corrected chi connectivity index (χ4v) is 3.87. The van der Waals surface area contributed by atoms with Crippen LogP contribution in [0.4, 0.5) is 0 Å². The van der Waals surface area contributed by atoms with Gasteiger partial charge in [0.2, 0.25) is 0 Å². The molecule has 0 unspecified atom stereocenters. The van der Waals surface area contributed by atoms with Crippen LogP contribution in [0.2, 0.25) is 0 Å². The van der Waals surface area contributed by atoms with E-state index in [9.17, 15) is 4.79 Å². The largest absolute Gasteiger partial charge is 0.477 e. The second-order valence-electron chi connectivity index (χ2n) is 5.69. The summed E-state index contributed by atoms with van der Waals surface area (Å²) in [7, 11) is 0. The third kappa shape index (κ3) is 3.24. The molecule has 0 amide bonds. The number of hydrogen-bond acceptors (Lipinski definition) is 4. The lowest BCUT2D eigenvalue weighted by Gasteiger charge is -2.30. The molecule has 0 aliphatic carbocycles. The minimum absolute atomic E-state index is 0.367. The van der Waals surface area contributed by atoms with Crippen LogP contribution < -0.4 is 0 Å². The normalized spacial score (nSPS) is 17.4. The third-order valence-electron chi connectivity index (χ3n) is 4.30. The number of nitrogens with zero attached hydrogens (tertiary/aromatic N) is 2. The Kier molecular flexibility index (Phi) is 4.22. The summed E-state index contributed by atoms with van der Waals surface area (Å²) >= 11 is 1.27. The quantitative estimate of drug-likeness (QED) is 0.942. The minimum Gasteiger partial charge on any atom is -0.477 e. The van der Waals surface area contributed by atoms with Crippen LogP contribution in [0.5, 0.6) is 0 Å². The van der Waals surface area contributed by atoms with Gasteiger partial charge in [0.25, 0.3) is 0 Å². The molecule has 1 fully saturated rings. The van der Waals surface area contributed by atoms with E-state index in [2.05, 4.69) is 16.8 Å². The van der Waals surface area contributed by atoms with Gasteiger partial charge >= 0.3 is 5.97 Å². The number of carboxylic acids is 1. The molecule has 0 bridgehead atoms. The van der Waals surface area contributed by atoms with E-state index in [0.29, 0.717) is 10.8 Å². The smallest absolute Gasteiger partial charge is 0.345 e. The van der Waals surface area contributed by atoms with Crippen molar-refractivity contribution in [2.75, 3.05) is 19.6 Å². The fraction of sp³-hybridized carbons (Fsp3) is 0.500. The molecule has 0 saturated carbocycles. The first-order valence-corrected chi connectivity index (χ1v) is 8.32. The summed E-state index contributed by atoms with van der Waals surface area (Å²) in [4.78, 5) is 19.4. The van der Waals surface area contributed by atoms with Crippen molar-refractivity contribution in [3.8, 4) is 0 Å². The molecular weight excluding hydrogens is 284 g/mol. The standard InChI is InChI=1S/C16H20N2O2S/c1-2-18-7-5-11(6-8-18)9-13-4-3-12-10-14(16(19)20)21-15(12)17-13/h3-4,10-11H,2,5-9H2,1H3,(H,19,20). The van der Waals surface area contributed by atoms with Gasteiger partial charge in [0.05, 0.1) is 0 Å². The maximum Gasteiger partial charge on any atom is 0.345 e. The summed E-state index contributed by atoms with van der Waals surface area (Å²) in [6.07, 6.45) is 3.48. The van der Waals surface area contributed by atoms with Crippen LogP contribution in [-0.4, -0.2) is 40.6 Å². The van der Waals surface area contributed by atoms with Crippen LogP contribution in [0.25, 0.3) is 10.2 Å². The van der Waals surface area contributed by atoms with E-state index in [4.69, 9.17) is 5.11 Å². The highest BCUT2D eigenvalue weighted by molar-refractivity contribution is 7.20. The lowest BCUT2D eigenvalue weighted by Crippen LogP contribution is -2.34. The molecule has 1 aliphatic heterocycles. The summed E-state index contributed by atoms with van der Waals surface area (Å²) < 4.78 is 0. The first kappa shape index (κ1) is 14.5. The number of pyridine rings is 1. The Bertz CT molecular complexity index is 645. The predicted octanol–water partition coefficient (Wildman–Crippen LogP) is 3.27. The number of carbonyl (C=O) groups is 1. The van der Waals surface area contributed by atoms with E-state index in [1.807, 2.05) is 12.1 Å². The zero-order valence-corrected chi connectivity index (χ0v) is 13.0. The maximum atomic E-state index is 11.0. The maximum absolute atomic E-state index is 11.0. The second kappa shape index (κ2) is 6.12. The van der Waals surface area contributed by atoms with Crippen molar-refractivity contribution in [1.82, 2.24) is 9.88 Å². The molecule has 2 aromatic heterocycles. The molecular formula is C16H20N2O2S. The van der Waals surface area contributed by atoms with E-state index in [1.165, 1.54) is 37.3 Å². The number of hydrogen-bond donors (Lipinski definition) is 1. The average Bonchev–Trinajstić information content (AvgIpc) is 2.91. The number of aromatic nitrogens is 1. The van der Waals surface area contributed by atoms with Crippen LogP contribution >= 0.6 is 11.3 Å². The van der Waals surface area contributed by atoms with Gasteiger partial charge in [0, 0.05) is 11.1 Å². The van der Waals surface area contributed by atoms with E-state index in [-0.39, 0.29) is 0 Å². The third-order valence-corrected chi connectivity index (χ3v) is 5.34. The zero-order valence-electron chi connectivity index (χ0n) is 12.2. The van der Waals surface area contributed by atoms with Crippen molar-refractivity contribution in [1.29, 1.82) is 0 Å². The Morgan fingerprint density at radius 3 is 2.86 bits per heavy atom. The molecule has 5 heteroatoms. The molecule has 0 aromatic carbocycles. The second-order valence-corrected chi connectivity index (χ2v) is 6.73. The van der Waals surface area contributed by atoms with Gasteiger partial charge < -0.3 is 10.0 Å². The van der Waals surface area contributed by atoms with Crippen molar-refractivity contribution >= 4 is 27.5 Å². The molecule has 0 atom stereocenters. The van der Waals surface area contributed by atoms with Crippen LogP contribution in [0.3, 0.4) is 0 Å². The molecule has 0 radical (unpaired) electrons. The first-order chi connectivity index (χ1) is 10.2. The zero-order chi connectivity index (χ0) is 14.8. The lowest BCUT2D eigenvalue weighted by molar-refractivity contribution is 0.0702. The van der Waals surface area contributed by atoms with E-state index in [1.54, 1.807) is 6.07 Å². The van der Waals surface area contributed by atoms with Gasteiger partial charge in [-0.25, -0.2) is 9.78 Å². The molecule has 3 rings (SSSR count). The summed E-state index contributed by atoms with van der Waals surface area (Å²) in [6.45, 7) is 5.73. The Hall–Kier alpha value is -1.46. The molecule has 2 aromatic rings. The number of carboxylic acid groups (broad SMARTS) is 1. The molecule has 0 spiro atoms.